The molecule has 2 bridgehead atoms. The Balaban J connectivity index is 1.29. The van der Waals surface area contributed by atoms with Gasteiger partial charge in [0.05, 0.1) is 16.5 Å². The van der Waals surface area contributed by atoms with Gasteiger partial charge in [0.1, 0.15) is 46.9 Å². The van der Waals surface area contributed by atoms with Crippen LogP contribution >= 0.6 is 0 Å². The molecule has 4 atom stereocenters. The highest BCUT2D eigenvalue weighted by atomic mass is 19.1. The van der Waals surface area contributed by atoms with Crippen molar-refractivity contribution < 1.29 is 32.9 Å². The largest absolute Gasteiger partial charge is 0.508 e. The van der Waals surface area contributed by atoms with E-state index in [-0.39, 0.29) is 69.9 Å². The average Bonchev–Trinajstić information content (AvgIpc) is 3.69. The SMILES string of the molecule is C#Cc1c(F)ccc2cc(O)cc(-c3ncc4c(N5CC6CCC(C(=O)O)(C5)N6)nc(OC[C@@]56CCCN5C[C@H](F)C6)nc4c3F)c12. The number of piperazine rings is 1. The van der Waals surface area contributed by atoms with Crippen molar-refractivity contribution in [3.8, 4) is 35.4 Å². The highest BCUT2D eigenvalue weighted by molar-refractivity contribution is 6.03. The molecule has 2 aromatic heterocycles. The predicted molar refractivity (Wildman–Crippen MR) is 167 cm³/mol. The van der Waals surface area contributed by atoms with Crippen LogP contribution in [0.1, 0.15) is 37.7 Å². The van der Waals surface area contributed by atoms with E-state index in [2.05, 4.69) is 31.1 Å². The van der Waals surface area contributed by atoms with E-state index in [1.165, 1.54) is 30.5 Å². The molecule has 0 aliphatic carbocycles. The number of rotatable bonds is 6. The summed E-state index contributed by atoms with van der Waals surface area (Å²) in [5, 5.41) is 24.7. The van der Waals surface area contributed by atoms with Gasteiger partial charge in [0, 0.05) is 49.2 Å². The summed E-state index contributed by atoms with van der Waals surface area (Å²) in [5.74, 6) is -0.160. The van der Waals surface area contributed by atoms with E-state index in [0.29, 0.717) is 37.7 Å². The summed E-state index contributed by atoms with van der Waals surface area (Å²) in [5.41, 5.74) is -2.14. The van der Waals surface area contributed by atoms with Crippen LogP contribution in [0.3, 0.4) is 0 Å². The first-order valence-electron chi connectivity index (χ1n) is 15.7. The summed E-state index contributed by atoms with van der Waals surface area (Å²) in [6, 6.07) is 5.02. The second kappa shape index (κ2) is 10.7. The zero-order valence-electron chi connectivity index (χ0n) is 25.3. The van der Waals surface area contributed by atoms with Gasteiger partial charge in [0.15, 0.2) is 5.82 Å². The molecule has 10 nitrogen and oxygen atoms in total. The number of carboxylic acid groups (broad SMARTS) is 1. The van der Waals surface area contributed by atoms with E-state index in [1.807, 2.05) is 0 Å². The van der Waals surface area contributed by atoms with Crippen molar-refractivity contribution in [2.24, 2.45) is 0 Å². The Morgan fingerprint density at radius 3 is 2.87 bits per heavy atom. The Bertz CT molecular complexity index is 2020. The van der Waals surface area contributed by atoms with Gasteiger partial charge in [-0.25, -0.2) is 13.2 Å². The molecule has 47 heavy (non-hydrogen) atoms. The molecule has 4 saturated heterocycles. The molecule has 4 aliphatic rings. The molecule has 0 saturated carbocycles. The molecule has 13 heteroatoms. The Morgan fingerprint density at radius 2 is 2.06 bits per heavy atom. The first-order chi connectivity index (χ1) is 22.6. The summed E-state index contributed by atoms with van der Waals surface area (Å²) >= 11 is 0. The van der Waals surface area contributed by atoms with Crippen molar-refractivity contribution in [1.29, 1.82) is 0 Å². The number of anilines is 1. The summed E-state index contributed by atoms with van der Waals surface area (Å²) in [6.45, 7) is 1.66. The van der Waals surface area contributed by atoms with E-state index in [0.717, 1.165) is 19.4 Å². The zero-order valence-corrected chi connectivity index (χ0v) is 25.3. The molecule has 242 valence electrons. The third kappa shape index (κ3) is 4.64. The number of aromatic nitrogens is 3. The third-order valence-electron chi connectivity index (χ3n) is 10.3. The normalized spacial score (nSPS) is 27.0. The van der Waals surface area contributed by atoms with Gasteiger partial charge in [-0.15, -0.1) is 6.42 Å². The molecular weight excluding hydrogens is 613 g/mol. The van der Waals surface area contributed by atoms with E-state index in [9.17, 15) is 23.8 Å². The van der Waals surface area contributed by atoms with Crippen molar-refractivity contribution in [3.05, 3.63) is 47.7 Å². The molecule has 2 aromatic carbocycles. The van der Waals surface area contributed by atoms with Crippen LogP contribution in [0.4, 0.5) is 19.0 Å². The molecule has 8 rings (SSSR count). The maximum Gasteiger partial charge on any atom is 0.325 e. The highest BCUT2D eigenvalue weighted by Gasteiger charge is 2.51. The molecule has 4 fully saturated rings. The number of fused-ring (bicyclic) bond motifs is 5. The number of carboxylic acids is 1. The number of hydrogen-bond acceptors (Lipinski definition) is 9. The number of phenolic OH excluding ortho intramolecular Hbond substituents is 1. The lowest BCUT2D eigenvalue weighted by molar-refractivity contribution is -0.144. The first kappa shape index (κ1) is 29.7. The minimum Gasteiger partial charge on any atom is -0.508 e. The van der Waals surface area contributed by atoms with Crippen LogP contribution in [-0.2, 0) is 4.79 Å². The lowest BCUT2D eigenvalue weighted by Crippen LogP contribution is -2.63. The number of nitrogens with zero attached hydrogens (tertiary/aromatic N) is 5. The number of pyridine rings is 1. The summed E-state index contributed by atoms with van der Waals surface area (Å²) in [6.07, 6.45) is 9.10. The van der Waals surface area contributed by atoms with Gasteiger partial charge in [-0.3, -0.25) is 20.0 Å². The highest BCUT2D eigenvalue weighted by Crippen LogP contribution is 2.42. The number of carbonyl (C=O) groups is 1. The molecule has 6 heterocycles. The van der Waals surface area contributed by atoms with E-state index >= 15 is 4.39 Å². The Labute approximate surface area is 267 Å². The molecular formula is C34H31F3N6O4. The number of hydrogen-bond donors (Lipinski definition) is 3. The maximum absolute atomic E-state index is 16.8. The van der Waals surface area contributed by atoms with Crippen LogP contribution in [0.15, 0.2) is 30.5 Å². The number of alkyl halides is 1. The number of terminal acetylenes is 1. The van der Waals surface area contributed by atoms with Gasteiger partial charge in [-0.2, -0.15) is 9.97 Å². The van der Waals surface area contributed by atoms with Gasteiger partial charge in [-0.1, -0.05) is 12.0 Å². The number of aromatic hydroxyl groups is 1. The number of ether oxygens (including phenoxy) is 1. The van der Waals surface area contributed by atoms with Gasteiger partial charge >= 0.3 is 12.0 Å². The van der Waals surface area contributed by atoms with Crippen LogP contribution in [0.5, 0.6) is 11.8 Å². The number of benzene rings is 2. The predicted octanol–water partition coefficient (Wildman–Crippen LogP) is 4.16. The van der Waals surface area contributed by atoms with E-state index in [4.69, 9.17) is 11.2 Å². The zero-order chi connectivity index (χ0) is 32.7. The Kier molecular flexibility index (Phi) is 6.75. The van der Waals surface area contributed by atoms with Crippen molar-refractivity contribution in [1.82, 2.24) is 25.2 Å². The molecule has 4 aromatic rings. The van der Waals surface area contributed by atoms with Crippen LogP contribution < -0.4 is 15.0 Å². The lowest BCUT2D eigenvalue weighted by Gasteiger charge is -2.39. The lowest BCUT2D eigenvalue weighted by atomic mass is 9.95. The second-order valence-electron chi connectivity index (χ2n) is 13.2. The fraction of sp³-hybridized carbons (Fsp3) is 0.412. The smallest absolute Gasteiger partial charge is 0.325 e. The van der Waals surface area contributed by atoms with Crippen LogP contribution in [0.2, 0.25) is 0 Å². The molecule has 4 aliphatic heterocycles. The Morgan fingerprint density at radius 1 is 1.21 bits per heavy atom. The summed E-state index contributed by atoms with van der Waals surface area (Å²) < 4.78 is 52.3. The third-order valence-corrected chi connectivity index (χ3v) is 10.3. The molecule has 0 amide bonds. The standard InChI is InChI=1S/C34H31F3N6O4/c1-2-22-25(36)5-4-18-10-21(44)11-23(26(18)22)28-27(37)29-24(13-38-28)30(42-15-20-6-8-34(16-42,41-20)31(45)46)40-32(39-29)47-17-33-7-3-9-43(33)14-19(35)12-33/h1,4-5,10-11,13,19-20,41,44H,3,6-9,12,14-17H2,(H,45,46)/t19-,20?,33+,34?/m1/s1. The van der Waals surface area contributed by atoms with Crippen LogP contribution in [0.25, 0.3) is 32.9 Å². The number of phenols is 1. The van der Waals surface area contributed by atoms with Gasteiger partial charge < -0.3 is 19.8 Å². The average molecular weight is 645 g/mol. The molecule has 0 spiro atoms. The second-order valence-corrected chi connectivity index (χ2v) is 13.2. The maximum atomic E-state index is 16.8. The fourth-order valence-corrected chi connectivity index (χ4v) is 8.19. The number of aliphatic carboxylic acids is 1. The van der Waals surface area contributed by atoms with Crippen molar-refractivity contribution in [2.45, 2.75) is 55.4 Å². The minimum absolute atomic E-state index is 0.0665. The quantitative estimate of drug-likeness (QED) is 0.264. The van der Waals surface area contributed by atoms with Gasteiger partial charge in [-0.05, 0) is 55.8 Å². The van der Waals surface area contributed by atoms with Crippen LogP contribution in [-0.4, -0.2) is 92.1 Å². The Hall–Kier alpha value is -4.67. The van der Waals surface area contributed by atoms with Crippen molar-refractivity contribution in [3.63, 3.8) is 0 Å². The van der Waals surface area contributed by atoms with Crippen molar-refractivity contribution in [2.75, 3.05) is 37.7 Å². The topological polar surface area (TPSA) is 124 Å². The molecule has 2 unspecified atom stereocenters. The van der Waals surface area contributed by atoms with E-state index in [1.54, 1.807) is 4.90 Å². The summed E-state index contributed by atoms with van der Waals surface area (Å²) in [7, 11) is 0. The molecule has 3 N–H and O–H groups in total. The fourth-order valence-electron chi connectivity index (χ4n) is 8.19. The summed E-state index contributed by atoms with van der Waals surface area (Å²) in [4.78, 5) is 29.8. The first-order valence-corrected chi connectivity index (χ1v) is 15.7. The van der Waals surface area contributed by atoms with Gasteiger partial charge in [0.2, 0.25) is 0 Å². The van der Waals surface area contributed by atoms with Crippen molar-refractivity contribution >= 4 is 33.5 Å². The minimum atomic E-state index is -1.20. The number of nitrogens with one attached hydrogen (secondary N) is 1. The molecule has 0 radical (unpaired) electrons. The van der Waals surface area contributed by atoms with Gasteiger partial charge in [0.25, 0.3) is 0 Å². The number of halogens is 3. The van der Waals surface area contributed by atoms with Crippen LogP contribution in [0, 0.1) is 24.0 Å². The monoisotopic (exact) mass is 644 g/mol. The van der Waals surface area contributed by atoms with E-state index < -0.39 is 34.9 Å².